The highest BCUT2D eigenvalue weighted by Gasteiger charge is 2.27. The minimum absolute atomic E-state index is 0. The van der Waals surface area contributed by atoms with E-state index in [2.05, 4.69) is 16.0 Å². The third-order valence-corrected chi connectivity index (χ3v) is 7.18. The van der Waals surface area contributed by atoms with E-state index in [0.717, 1.165) is 56.1 Å². The van der Waals surface area contributed by atoms with Gasteiger partial charge in [0.1, 0.15) is 18.8 Å². The summed E-state index contributed by atoms with van der Waals surface area (Å²) in [6, 6.07) is 19.6. The normalized spacial score (nSPS) is 21.2. The minimum atomic E-state index is -0.516. The first-order valence-corrected chi connectivity index (χ1v) is 15.3. The second kappa shape index (κ2) is 19.0. The lowest BCUT2D eigenvalue weighted by Crippen LogP contribution is -2.47. The Morgan fingerprint density at radius 3 is 1.52 bits per heavy atom. The van der Waals surface area contributed by atoms with Crippen LogP contribution in [0.2, 0.25) is 0 Å². The van der Waals surface area contributed by atoms with E-state index in [-0.39, 0.29) is 49.3 Å². The van der Waals surface area contributed by atoms with Crippen LogP contribution in [0.15, 0.2) is 60.7 Å². The van der Waals surface area contributed by atoms with E-state index < -0.39 is 17.8 Å². The van der Waals surface area contributed by atoms with Crippen LogP contribution >= 0.6 is 12.4 Å². The van der Waals surface area contributed by atoms with E-state index in [1.807, 2.05) is 81.4 Å². The van der Waals surface area contributed by atoms with Crippen molar-refractivity contribution in [3.8, 4) is 0 Å². The number of hydrogen-bond acceptors (Lipinski definition) is 7. The zero-order valence-corrected chi connectivity index (χ0v) is 26.9. The van der Waals surface area contributed by atoms with Gasteiger partial charge in [0.15, 0.2) is 0 Å². The van der Waals surface area contributed by atoms with Gasteiger partial charge in [-0.05, 0) is 83.3 Å². The molecule has 44 heavy (non-hydrogen) atoms. The van der Waals surface area contributed by atoms with Crippen LogP contribution in [0.5, 0.6) is 0 Å². The first kappa shape index (κ1) is 36.7. The van der Waals surface area contributed by atoms with Crippen molar-refractivity contribution in [2.24, 2.45) is 5.73 Å². The van der Waals surface area contributed by atoms with Gasteiger partial charge in [0.05, 0.1) is 0 Å². The first-order valence-electron chi connectivity index (χ1n) is 15.3. The topological polar surface area (TPSA) is 141 Å². The summed E-state index contributed by atoms with van der Waals surface area (Å²) in [5.41, 5.74) is 7.30. The van der Waals surface area contributed by atoms with E-state index >= 15 is 0 Å². The molecule has 4 rings (SSSR count). The number of carbonyl (C=O) groups excluding carboxylic acids is 3. The molecule has 11 heteroatoms. The van der Waals surface area contributed by atoms with Gasteiger partial charge in [-0.1, -0.05) is 60.7 Å². The molecule has 2 aliphatic rings. The Kier molecular flexibility index (Phi) is 15.9. The summed E-state index contributed by atoms with van der Waals surface area (Å²) in [6.45, 7) is 6.06. The van der Waals surface area contributed by atoms with Gasteiger partial charge in [0.2, 0.25) is 0 Å². The van der Waals surface area contributed by atoms with Crippen LogP contribution in [0.4, 0.5) is 14.4 Å². The Bertz CT molecular complexity index is 1130. The maximum atomic E-state index is 12.0. The number of ether oxygens (including phenoxy) is 3. The molecular formula is C33H49ClN4O6. The minimum Gasteiger partial charge on any atom is -0.445 e. The molecule has 244 valence electrons. The van der Waals surface area contributed by atoms with Crippen molar-refractivity contribution in [3.05, 3.63) is 71.8 Å². The van der Waals surface area contributed by atoms with Gasteiger partial charge >= 0.3 is 18.3 Å². The molecule has 0 aliphatic heterocycles. The molecule has 0 spiro atoms. The summed E-state index contributed by atoms with van der Waals surface area (Å²) in [5, 5.41) is 8.65. The highest BCUT2D eigenvalue weighted by atomic mass is 35.5. The molecule has 2 aromatic carbocycles. The molecule has 0 heterocycles. The average Bonchev–Trinajstić information content (AvgIpc) is 2.96. The van der Waals surface area contributed by atoms with Crippen molar-refractivity contribution in [3.63, 3.8) is 0 Å². The highest BCUT2D eigenvalue weighted by molar-refractivity contribution is 5.85. The van der Waals surface area contributed by atoms with Crippen molar-refractivity contribution in [1.82, 2.24) is 16.0 Å². The number of nitrogens with one attached hydrogen (secondary N) is 3. The molecule has 2 saturated carbocycles. The molecule has 5 N–H and O–H groups in total. The fraction of sp³-hybridized carbons (Fsp3) is 0.545. The molecule has 0 radical (unpaired) electrons. The first-order chi connectivity index (χ1) is 20.6. The molecule has 0 bridgehead atoms. The monoisotopic (exact) mass is 632 g/mol. The largest absolute Gasteiger partial charge is 0.445 e. The Morgan fingerprint density at radius 1 is 0.682 bits per heavy atom. The molecule has 2 aliphatic carbocycles. The van der Waals surface area contributed by atoms with Crippen molar-refractivity contribution in [2.45, 2.75) is 115 Å². The standard InChI is InChI=1S/C19H28N2O4.C14H20N2O2.ClH/c1-19(2,3)25-18(23)21-16-11-7-10-15(12-16)20-17(22)24-13-14-8-5-4-6-9-14;15-12-7-4-8-13(9-12)16-14(17)18-10-11-5-2-1-3-6-11;/h4-6,8-9,15-16H,7,10-13H2,1-3H3,(H,20,22)(H,21,23);1-3,5-6,12-13H,4,7-10,15H2,(H,16,17);1H/t15-,16+;12-,13+;/m01./s1. The second-order valence-electron chi connectivity index (χ2n) is 12.2. The summed E-state index contributed by atoms with van der Waals surface area (Å²) in [4.78, 5) is 35.4. The lowest BCUT2D eigenvalue weighted by molar-refractivity contribution is 0.0488. The predicted molar refractivity (Wildman–Crippen MR) is 172 cm³/mol. The van der Waals surface area contributed by atoms with Crippen LogP contribution in [0.1, 0.15) is 83.3 Å². The Morgan fingerprint density at radius 2 is 1.09 bits per heavy atom. The van der Waals surface area contributed by atoms with Gasteiger partial charge in [-0.2, -0.15) is 0 Å². The van der Waals surface area contributed by atoms with Crippen LogP contribution in [-0.2, 0) is 27.4 Å². The number of carbonyl (C=O) groups is 3. The van der Waals surface area contributed by atoms with Crippen molar-refractivity contribution >= 4 is 30.7 Å². The summed E-state index contributed by atoms with van der Waals surface area (Å²) >= 11 is 0. The highest BCUT2D eigenvalue weighted by Crippen LogP contribution is 2.20. The van der Waals surface area contributed by atoms with E-state index in [1.165, 1.54) is 0 Å². The Balaban J connectivity index is 0.000000315. The quantitative estimate of drug-likeness (QED) is 0.261. The van der Waals surface area contributed by atoms with Gasteiger partial charge in [-0.15, -0.1) is 12.4 Å². The summed E-state index contributed by atoms with van der Waals surface area (Å²) in [6.07, 6.45) is 6.17. The van der Waals surface area contributed by atoms with Crippen LogP contribution in [0.25, 0.3) is 0 Å². The van der Waals surface area contributed by atoms with Crippen molar-refractivity contribution in [2.75, 3.05) is 0 Å². The summed E-state index contributed by atoms with van der Waals surface area (Å²) in [7, 11) is 0. The number of benzene rings is 2. The summed E-state index contributed by atoms with van der Waals surface area (Å²) < 4.78 is 15.7. The number of rotatable bonds is 7. The number of amides is 3. The zero-order valence-electron chi connectivity index (χ0n) is 26.1. The summed E-state index contributed by atoms with van der Waals surface area (Å²) in [5.74, 6) is 0. The number of halogens is 1. The Labute approximate surface area is 267 Å². The molecule has 3 amide bonds. The third-order valence-electron chi connectivity index (χ3n) is 7.18. The van der Waals surface area contributed by atoms with Gasteiger partial charge in [-0.25, -0.2) is 14.4 Å². The van der Waals surface area contributed by atoms with Gasteiger partial charge in [-0.3, -0.25) is 0 Å². The smallest absolute Gasteiger partial charge is 0.407 e. The number of nitrogens with two attached hydrogens (primary N) is 1. The van der Waals surface area contributed by atoms with Crippen LogP contribution in [0, 0.1) is 0 Å². The van der Waals surface area contributed by atoms with E-state index in [1.54, 1.807) is 0 Å². The Hall–Kier alpha value is -3.50. The van der Waals surface area contributed by atoms with E-state index in [4.69, 9.17) is 19.9 Å². The third kappa shape index (κ3) is 15.3. The molecule has 0 aromatic heterocycles. The fourth-order valence-corrected chi connectivity index (χ4v) is 5.15. The van der Waals surface area contributed by atoms with Crippen molar-refractivity contribution in [1.29, 1.82) is 0 Å². The van der Waals surface area contributed by atoms with Crippen LogP contribution < -0.4 is 21.7 Å². The lowest BCUT2D eigenvalue weighted by Gasteiger charge is -2.30. The maximum Gasteiger partial charge on any atom is 0.407 e. The van der Waals surface area contributed by atoms with Gasteiger partial charge < -0.3 is 35.9 Å². The van der Waals surface area contributed by atoms with Crippen molar-refractivity contribution < 1.29 is 28.6 Å². The molecule has 2 aromatic rings. The SMILES string of the molecule is CC(C)(C)OC(=O)N[C@@H]1CCC[C@H](NC(=O)OCc2ccccc2)C1.Cl.N[C@@H]1CCC[C@H](NC(=O)OCc2ccccc2)C1. The number of alkyl carbamates (subject to hydrolysis) is 3. The molecular weight excluding hydrogens is 584 g/mol. The molecule has 0 unspecified atom stereocenters. The van der Waals surface area contributed by atoms with E-state index in [0.29, 0.717) is 13.0 Å². The van der Waals surface area contributed by atoms with E-state index in [9.17, 15) is 14.4 Å². The molecule has 2 fully saturated rings. The zero-order chi connectivity index (χ0) is 31.1. The molecule has 4 atom stereocenters. The molecule has 10 nitrogen and oxygen atoms in total. The predicted octanol–water partition coefficient (Wildman–Crippen LogP) is 6.35. The fourth-order valence-electron chi connectivity index (χ4n) is 5.15. The molecule has 0 saturated heterocycles. The van der Waals surface area contributed by atoms with Gasteiger partial charge in [0, 0.05) is 24.2 Å². The lowest BCUT2D eigenvalue weighted by atomic mass is 9.91. The van der Waals surface area contributed by atoms with Gasteiger partial charge in [0.25, 0.3) is 0 Å². The number of hydrogen-bond donors (Lipinski definition) is 4. The maximum absolute atomic E-state index is 12.0. The van der Waals surface area contributed by atoms with Crippen LogP contribution in [-0.4, -0.2) is 48.0 Å². The second-order valence-corrected chi connectivity index (χ2v) is 12.2. The van der Waals surface area contributed by atoms with Crippen LogP contribution in [0.3, 0.4) is 0 Å². The average molecular weight is 633 g/mol.